The molecule has 1 aromatic carbocycles. The summed E-state index contributed by atoms with van der Waals surface area (Å²) in [7, 11) is 4.21. The van der Waals surface area contributed by atoms with Crippen LogP contribution in [0.25, 0.3) is 0 Å². The standard InChI is InChI=1S/C13H23N3/c1-5-16(11(2)10-15(3)4)13-8-6-12(14)7-9-13/h6-9,11H,5,10,14H2,1-4H3. The minimum Gasteiger partial charge on any atom is -0.399 e. The van der Waals surface area contributed by atoms with E-state index in [1.54, 1.807) is 0 Å². The maximum atomic E-state index is 5.70. The fourth-order valence-corrected chi connectivity index (χ4v) is 2.04. The third-order valence-corrected chi connectivity index (χ3v) is 2.73. The summed E-state index contributed by atoms with van der Waals surface area (Å²) in [5.74, 6) is 0. The average molecular weight is 221 g/mol. The van der Waals surface area contributed by atoms with Crippen molar-refractivity contribution in [3.05, 3.63) is 24.3 Å². The molecule has 0 aliphatic heterocycles. The normalized spacial score (nSPS) is 12.8. The van der Waals surface area contributed by atoms with E-state index in [0.29, 0.717) is 6.04 Å². The number of nitrogens with zero attached hydrogens (tertiary/aromatic N) is 2. The van der Waals surface area contributed by atoms with Crippen molar-refractivity contribution in [1.29, 1.82) is 0 Å². The fraction of sp³-hybridized carbons (Fsp3) is 0.538. The molecule has 1 aromatic rings. The summed E-state index contributed by atoms with van der Waals surface area (Å²) < 4.78 is 0. The number of nitrogen functional groups attached to an aromatic ring is 1. The second-order valence-corrected chi connectivity index (χ2v) is 4.49. The molecular formula is C13H23N3. The molecule has 0 aromatic heterocycles. The molecule has 0 amide bonds. The summed E-state index contributed by atoms with van der Waals surface area (Å²) >= 11 is 0. The molecule has 2 N–H and O–H groups in total. The van der Waals surface area contributed by atoms with Crippen molar-refractivity contribution >= 4 is 11.4 Å². The number of benzene rings is 1. The van der Waals surface area contributed by atoms with E-state index < -0.39 is 0 Å². The molecule has 1 rings (SSSR count). The van der Waals surface area contributed by atoms with E-state index in [9.17, 15) is 0 Å². The smallest absolute Gasteiger partial charge is 0.0388 e. The van der Waals surface area contributed by atoms with Crippen LogP contribution in [0.15, 0.2) is 24.3 Å². The van der Waals surface area contributed by atoms with Crippen molar-refractivity contribution in [3.8, 4) is 0 Å². The van der Waals surface area contributed by atoms with E-state index in [-0.39, 0.29) is 0 Å². The van der Waals surface area contributed by atoms with Gasteiger partial charge >= 0.3 is 0 Å². The third kappa shape index (κ3) is 3.42. The van der Waals surface area contributed by atoms with Crippen molar-refractivity contribution in [2.75, 3.05) is 37.8 Å². The lowest BCUT2D eigenvalue weighted by molar-refractivity contribution is 0.373. The van der Waals surface area contributed by atoms with Crippen LogP contribution < -0.4 is 10.6 Å². The highest BCUT2D eigenvalue weighted by Gasteiger charge is 2.13. The first-order valence-electron chi connectivity index (χ1n) is 5.81. The van der Waals surface area contributed by atoms with Gasteiger partial charge in [0.1, 0.15) is 0 Å². The molecule has 3 nitrogen and oxygen atoms in total. The van der Waals surface area contributed by atoms with Gasteiger partial charge < -0.3 is 15.5 Å². The van der Waals surface area contributed by atoms with E-state index in [2.05, 4.69) is 49.9 Å². The zero-order valence-corrected chi connectivity index (χ0v) is 10.8. The summed E-state index contributed by atoms with van der Waals surface area (Å²) in [4.78, 5) is 4.60. The molecule has 0 saturated carbocycles. The Morgan fingerprint density at radius 1 is 1.19 bits per heavy atom. The van der Waals surface area contributed by atoms with Crippen LogP contribution in [0.5, 0.6) is 0 Å². The van der Waals surface area contributed by atoms with Crippen LogP contribution in [-0.4, -0.2) is 38.1 Å². The Kier molecular flexibility index (Phi) is 4.62. The summed E-state index contributed by atoms with van der Waals surface area (Å²) in [6.07, 6.45) is 0. The van der Waals surface area contributed by atoms with Crippen molar-refractivity contribution < 1.29 is 0 Å². The molecule has 3 heteroatoms. The van der Waals surface area contributed by atoms with Gasteiger partial charge in [0.05, 0.1) is 0 Å². The molecular weight excluding hydrogens is 198 g/mol. The first-order chi connectivity index (χ1) is 7.54. The van der Waals surface area contributed by atoms with Gasteiger partial charge in [-0.25, -0.2) is 0 Å². The number of rotatable bonds is 5. The Morgan fingerprint density at radius 3 is 2.19 bits per heavy atom. The van der Waals surface area contributed by atoms with E-state index in [1.807, 2.05) is 12.1 Å². The molecule has 16 heavy (non-hydrogen) atoms. The number of likely N-dealkylation sites (N-methyl/N-ethyl adjacent to an activating group) is 2. The molecule has 0 radical (unpaired) electrons. The van der Waals surface area contributed by atoms with E-state index in [1.165, 1.54) is 5.69 Å². The molecule has 0 bridgehead atoms. The molecule has 0 aliphatic carbocycles. The Hall–Kier alpha value is -1.22. The summed E-state index contributed by atoms with van der Waals surface area (Å²) in [5, 5.41) is 0. The minimum absolute atomic E-state index is 0.503. The van der Waals surface area contributed by atoms with E-state index in [4.69, 9.17) is 5.73 Å². The van der Waals surface area contributed by atoms with Crippen LogP contribution in [-0.2, 0) is 0 Å². The largest absolute Gasteiger partial charge is 0.399 e. The van der Waals surface area contributed by atoms with Crippen LogP contribution in [0, 0.1) is 0 Å². The van der Waals surface area contributed by atoms with E-state index >= 15 is 0 Å². The number of hydrogen-bond acceptors (Lipinski definition) is 3. The lowest BCUT2D eigenvalue weighted by atomic mass is 10.2. The van der Waals surface area contributed by atoms with Gasteiger partial charge in [0.25, 0.3) is 0 Å². The van der Waals surface area contributed by atoms with Gasteiger partial charge in [-0.3, -0.25) is 0 Å². The van der Waals surface area contributed by atoms with Crippen molar-refractivity contribution in [3.63, 3.8) is 0 Å². The van der Waals surface area contributed by atoms with Crippen molar-refractivity contribution in [2.24, 2.45) is 0 Å². The Bertz CT molecular complexity index is 305. The molecule has 0 spiro atoms. The van der Waals surface area contributed by atoms with Gasteiger partial charge in [0.2, 0.25) is 0 Å². The highest BCUT2D eigenvalue weighted by Crippen LogP contribution is 2.18. The maximum absolute atomic E-state index is 5.70. The Balaban J connectivity index is 2.77. The molecule has 1 unspecified atom stereocenters. The highest BCUT2D eigenvalue weighted by molar-refractivity contribution is 5.53. The first-order valence-corrected chi connectivity index (χ1v) is 5.81. The van der Waals surface area contributed by atoms with Gasteiger partial charge in [-0.05, 0) is 52.2 Å². The maximum Gasteiger partial charge on any atom is 0.0388 e. The third-order valence-electron chi connectivity index (χ3n) is 2.73. The lowest BCUT2D eigenvalue weighted by Gasteiger charge is -2.32. The molecule has 0 saturated heterocycles. The second kappa shape index (κ2) is 5.75. The SMILES string of the molecule is CCN(c1ccc(N)cc1)C(C)CN(C)C. The van der Waals surface area contributed by atoms with Crippen LogP contribution in [0.2, 0.25) is 0 Å². The van der Waals surface area contributed by atoms with Gasteiger partial charge in [0, 0.05) is 30.5 Å². The van der Waals surface area contributed by atoms with Gasteiger partial charge in [-0.1, -0.05) is 0 Å². The van der Waals surface area contributed by atoms with Gasteiger partial charge in [-0.15, -0.1) is 0 Å². The van der Waals surface area contributed by atoms with Crippen LogP contribution in [0.1, 0.15) is 13.8 Å². The summed E-state index contributed by atoms with van der Waals surface area (Å²) in [6.45, 7) is 6.50. The Morgan fingerprint density at radius 2 is 1.75 bits per heavy atom. The topological polar surface area (TPSA) is 32.5 Å². The van der Waals surface area contributed by atoms with Crippen LogP contribution in [0.3, 0.4) is 0 Å². The molecule has 0 aliphatic rings. The molecule has 0 fully saturated rings. The van der Waals surface area contributed by atoms with E-state index in [0.717, 1.165) is 18.8 Å². The number of hydrogen-bond donors (Lipinski definition) is 1. The Labute approximate surface area is 98.8 Å². The van der Waals surface area contributed by atoms with Gasteiger partial charge in [-0.2, -0.15) is 0 Å². The zero-order valence-electron chi connectivity index (χ0n) is 10.8. The quantitative estimate of drug-likeness (QED) is 0.772. The number of anilines is 2. The first kappa shape index (κ1) is 12.8. The highest BCUT2D eigenvalue weighted by atomic mass is 15.2. The molecule has 0 heterocycles. The predicted molar refractivity (Wildman–Crippen MR) is 71.9 cm³/mol. The van der Waals surface area contributed by atoms with Crippen molar-refractivity contribution in [1.82, 2.24) is 4.90 Å². The summed E-state index contributed by atoms with van der Waals surface area (Å²) in [6, 6.07) is 8.60. The fourth-order valence-electron chi connectivity index (χ4n) is 2.04. The number of nitrogens with two attached hydrogens (primary N) is 1. The molecule has 1 atom stereocenters. The average Bonchev–Trinajstić information content (AvgIpc) is 2.21. The zero-order chi connectivity index (χ0) is 12.1. The minimum atomic E-state index is 0.503. The van der Waals surface area contributed by atoms with Gasteiger partial charge in [0.15, 0.2) is 0 Å². The molecule has 90 valence electrons. The van der Waals surface area contributed by atoms with Crippen molar-refractivity contribution in [2.45, 2.75) is 19.9 Å². The summed E-state index contributed by atoms with van der Waals surface area (Å²) in [5.41, 5.74) is 7.76. The predicted octanol–water partition coefficient (Wildman–Crippen LogP) is 2.05. The van der Waals surface area contributed by atoms with Crippen LogP contribution in [0.4, 0.5) is 11.4 Å². The monoisotopic (exact) mass is 221 g/mol. The van der Waals surface area contributed by atoms with Crippen LogP contribution >= 0.6 is 0 Å². The second-order valence-electron chi connectivity index (χ2n) is 4.49. The lowest BCUT2D eigenvalue weighted by Crippen LogP contribution is -2.40.